The van der Waals surface area contributed by atoms with E-state index in [4.69, 9.17) is 16.6 Å². The molecule has 5 N–H and O–H groups in total. The molecule has 0 bridgehead atoms. The van der Waals surface area contributed by atoms with E-state index in [2.05, 4.69) is 5.32 Å². The van der Waals surface area contributed by atoms with Gasteiger partial charge in [0.05, 0.1) is 0 Å². The molecule has 1 aromatic rings. The van der Waals surface area contributed by atoms with Crippen molar-refractivity contribution in [2.24, 2.45) is 5.73 Å². The minimum Gasteiger partial charge on any atom is -0.370 e. The van der Waals surface area contributed by atoms with Gasteiger partial charge in [-0.15, -0.1) is 0 Å². The van der Waals surface area contributed by atoms with E-state index in [0.717, 1.165) is 11.3 Å². The van der Waals surface area contributed by atoms with Crippen molar-refractivity contribution >= 4 is 17.6 Å². The summed E-state index contributed by atoms with van der Waals surface area (Å²) >= 11 is 0. The van der Waals surface area contributed by atoms with Gasteiger partial charge in [0.15, 0.2) is 5.96 Å². The molecule has 0 spiro atoms. The quantitative estimate of drug-likeness (QED) is 0.405. The highest BCUT2D eigenvalue weighted by Crippen LogP contribution is 2.17. The first-order valence-corrected chi connectivity index (χ1v) is 4.51. The highest BCUT2D eigenvalue weighted by Gasteiger charge is 2.08. The number of nitrogens with one attached hydrogen (secondary N) is 3. The minimum atomic E-state index is -0.236. The second kappa shape index (κ2) is 4.45. The van der Waals surface area contributed by atoms with Crippen LogP contribution in [0.15, 0.2) is 24.3 Å². The lowest BCUT2D eigenvalue weighted by molar-refractivity contribution is 1.10. The molecule has 0 aliphatic rings. The summed E-state index contributed by atoms with van der Waals surface area (Å²) < 4.78 is 0. The number of benzene rings is 1. The zero-order valence-corrected chi connectivity index (χ0v) is 8.83. The molecule has 1 aromatic carbocycles. The Morgan fingerprint density at radius 3 is 2.47 bits per heavy atom. The first-order valence-electron chi connectivity index (χ1n) is 4.51. The van der Waals surface area contributed by atoms with Crippen LogP contribution in [0.25, 0.3) is 0 Å². The lowest BCUT2D eigenvalue weighted by Crippen LogP contribution is -2.44. The first kappa shape index (κ1) is 11.0. The summed E-state index contributed by atoms with van der Waals surface area (Å²) in [6, 6.07) is 7.72. The second-order valence-electron chi connectivity index (χ2n) is 3.23. The van der Waals surface area contributed by atoms with Crippen LogP contribution in [0.3, 0.4) is 0 Å². The van der Waals surface area contributed by atoms with Gasteiger partial charge < -0.3 is 10.6 Å². The topological polar surface area (TPSA) is 89.0 Å². The number of rotatable bonds is 1. The summed E-state index contributed by atoms with van der Waals surface area (Å²) in [6.07, 6.45) is 0. The van der Waals surface area contributed by atoms with Crippen LogP contribution in [0.2, 0.25) is 0 Å². The Bertz CT molecular complexity index is 385. The van der Waals surface area contributed by atoms with Crippen molar-refractivity contribution in [3.05, 3.63) is 29.8 Å². The van der Waals surface area contributed by atoms with E-state index < -0.39 is 0 Å². The van der Waals surface area contributed by atoms with E-state index in [9.17, 15) is 0 Å². The molecule has 0 saturated heterocycles. The number of para-hydroxylation sites is 1. The summed E-state index contributed by atoms with van der Waals surface area (Å²) in [5.74, 6) is -0.155. The van der Waals surface area contributed by atoms with Crippen LogP contribution in [-0.2, 0) is 0 Å². The third-order valence-electron chi connectivity index (χ3n) is 2.07. The number of anilines is 1. The van der Waals surface area contributed by atoms with Crippen molar-refractivity contribution in [2.75, 3.05) is 11.9 Å². The maximum atomic E-state index is 7.65. The van der Waals surface area contributed by atoms with Crippen LogP contribution in [0.4, 0.5) is 5.69 Å². The van der Waals surface area contributed by atoms with Crippen LogP contribution < -0.4 is 16.0 Å². The van der Waals surface area contributed by atoms with Crippen molar-refractivity contribution in [1.82, 2.24) is 5.32 Å². The molecule has 0 amide bonds. The molecular formula is C10H15N5. The molecule has 0 aliphatic carbocycles. The number of hydrogen-bond donors (Lipinski definition) is 4. The summed E-state index contributed by atoms with van der Waals surface area (Å²) in [6.45, 7) is 1.97. The second-order valence-corrected chi connectivity index (χ2v) is 3.23. The van der Waals surface area contributed by atoms with Gasteiger partial charge in [0.25, 0.3) is 0 Å². The predicted molar refractivity (Wildman–Crippen MR) is 62.4 cm³/mol. The fourth-order valence-corrected chi connectivity index (χ4v) is 1.27. The summed E-state index contributed by atoms with van der Waals surface area (Å²) in [5, 5.41) is 17.1. The zero-order chi connectivity index (χ0) is 11.4. The standard InChI is InChI=1S/C10H15N5/c1-7-5-3-4-6-8(7)15(2)10(13)14-9(11)12/h3-6H,1-2H3,(H5,11,12,13,14). The molecule has 0 aromatic heterocycles. The molecular weight excluding hydrogens is 190 g/mol. The molecule has 0 fully saturated rings. The van der Waals surface area contributed by atoms with E-state index in [1.165, 1.54) is 0 Å². The molecule has 15 heavy (non-hydrogen) atoms. The third-order valence-corrected chi connectivity index (χ3v) is 2.07. The largest absolute Gasteiger partial charge is 0.370 e. The Morgan fingerprint density at radius 2 is 1.93 bits per heavy atom. The Morgan fingerprint density at radius 1 is 1.33 bits per heavy atom. The Hall–Kier alpha value is -2.04. The van der Waals surface area contributed by atoms with Crippen molar-refractivity contribution in [3.8, 4) is 0 Å². The SMILES string of the molecule is Cc1ccccc1N(C)C(=N)NC(=N)N. The average molecular weight is 205 g/mol. The van der Waals surface area contributed by atoms with Gasteiger partial charge in [0.2, 0.25) is 5.96 Å². The van der Waals surface area contributed by atoms with Crippen LogP contribution in [0.1, 0.15) is 5.56 Å². The normalized spacial score (nSPS) is 9.47. The van der Waals surface area contributed by atoms with E-state index in [-0.39, 0.29) is 11.9 Å². The molecule has 0 heterocycles. The highest BCUT2D eigenvalue weighted by molar-refractivity contribution is 6.03. The van der Waals surface area contributed by atoms with Gasteiger partial charge in [-0.05, 0) is 18.6 Å². The van der Waals surface area contributed by atoms with Crippen molar-refractivity contribution in [2.45, 2.75) is 6.92 Å². The Kier molecular flexibility index (Phi) is 3.28. The average Bonchev–Trinajstić information content (AvgIpc) is 2.16. The molecule has 5 heteroatoms. The third kappa shape index (κ3) is 2.70. The maximum Gasteiger partial charge on any atom is 0.202 e. The number of nitrogens with two attached hydrogens (primary N) is 1. The summed E-state index contributed by atoms with van der Waals surface area (Å²) in [4.78, 5) is 1.64. The lowest BCUT2D eigenvalue weighted by atomic mass is 10.2. The molecule has 0 radical (unpaired) electrons. The molecule has 1 rings (SSSR count). The van der Waals surface area contributed by atoms with Crippen LogP contribution in [-0.4, -0.2) is 19.0 Å². The van der Waals surface area contributed by atoms with Gasteiger partial charge in [-0.25, -0.2) is 0 Å². The molecule has 80 valence electrons. The van der Waals surface area contributed by atoms with Gasteiger partial charge in [-0.1, -0.05) is 18.2 Å². The molecule has 0 aliphatic heterocycles. The smallest absolute Gasteiger partial charge is 0.202 e. The fraction of sp³-hybridized carbons (Fsp3) is 0.200. The van der Waals surface area contributed by atoms with Crippen molar-refractivity contribution in [3.63, 3.8) is 0 Å². The zero-order valence-electron chi connectivity index (χ0n) is 8.83. The predicted octanol–water partition coefficient (Wildman–Crippen LogP) is 0.849. The molecule has 5 nitrogen and oxygen atoms in total. The van der Waals surface area contributed by atoms with E-state index in [1.54, 1.807) is 11.9 Å². The summed E-state index contributed by atoms with van der Waals surface area (Å²) in [5.41, 5.74) is 7.13. The van der Waals surface area contributed by atoms with E-state index in [1.807, 2.05) is 31.2 Å². The number of aryl methyl sites for hydroxylation is 1. The van der Waals surface area contributed by atoms with Crippen LogP contribution >= 0.6 is 0 Å². The number of nitrogens with zero attached hydrogens (tertiary/aromatic N) is 1. The Labute approximate surface area is 88.9 Å². The van der Waals surface area contributed by atoms with Gasteiger partial charge in [-0.3, -0.25) is 16.1 Å². The van der Waals surface area contributed by atoms with E-state index >= 15 is 0 Å². The van der Waals surface area contributed by atoms with Crippen LogP contribution in [0, 0.1) is 17.7 Å². The van der Waals surface area contributed by atoms with Crippen molar-refractivity contribution < 1.29 is 0 Å². The fourth-order valence-electron chi connectivity index (χ4n) is 1.27. The number of guanidine groups is 2. The molecule has 0 unspecified atom stereocenters. The first-order chi connectivity index (χ1) is 7.02. The minimum absolute atomic E-state index is 0.0804. The summed E-state index contributed by atoms with van der Waals surface area (Å²) in [7, 11) is 1.75. The monoisotopic (exact) mass is 205 g/mol. The van der Waals surface area contributed by atoms with E-state index in [0.29, 0.717) is 0 Å². The Balaban J connectivity index is 2.85. The van der Waals surface area contributed by atoms with Gasteiger partial charge in [-0.2, -0.15) is 0 Å². The van der Waals surface area contributed by atoms with Gasteiger partial charge >= 0.3 is 0 Å². The molecule has 0 saturated carbocycles. The van der Waals surface area contributed by atoms with Crippen LogP contribution in [0.5, 0.6) is 0 Å². The highest BCUT2D eigenvalue weighted by atomic mass is 15.3. The maximum absolute atomic E-state index is 7.65. The van der Waals surface area contributed by atoms with Crippen molar-refractivity contribution in [1.29, 1.82) is 10.8 Å². The van der Waals surface area contributed by atoms with Gasteiger partial charge in [0, 0.05) is 12.7 Å². The lowest BCUT2D eigenvalue weighted by Gasteiger charge is -2.21. The molecule has 0 atom stereocenters. The van der Waals surface area contributed by atoms with Gasteiger partial charge in [0.1, 0.15) is 0 Å². The number of hydrogen-bond acceptors (Lipinski definition) is 2.